The maximum Gasteiger partial charge on any atom is 0.261 e. The zero-order valence-corrected chi connectivity index (χ0v) is 11.9. The zero-order valence-electron chi connectivity index (χ0n) is 11.9. The first-order valence-corrected chi connectivity index (χ1v) is 7.19. The summed E-state index contributed by atoms with van der Waals surface area (Å²) < 4.78 is 0. The Morgan fingerprint density at radius 3 is 2.14 bits per heavy atom. The minimum absolute atomic E-state index is 0.0518. The van der Waals surface area contributed by atoms with Gasteiger partial charge in [0.05, 0.1) is 12.6 Å². The van der Waals surface area contributed by atoms with Crippen LogP contribution < -0.4 is 0 Å². The van der Waals surface area contributed by atoms with Gasteiger partial charge in [0.2, 0.25) is 0 Å². The highest BCUT2D eigenvalue weighted by Gasteiger charge is 2.33. The predicted octanol–water partition coefficient (Wildman–Crippen LogP) is 2.60. The minimum Gasteiger partial charge on any atom is -0.391 e. The maximum absolute atomic E-state index is 12.5. The number of amides is 2. The van der Waals surface area contributed by atoms with Crippen LogP contribution in [0.3, 0.4) is 0 Å². The predicted molar refractivity (Wildman–Crippen MR) is 80.2 cm³/mol. The second kappa shape index (κ2) is 5.30. The van der Waals surface area contributed by atoms with E-state index >= 15 is 0 Å². The van der Waals surface area contributed by atoms with Crippen molar-refractivity contribution < 1.29 is 14.7 Å². The van der Waals surface area contributed by atoms with Gasteiger partial charge in [0, 0.05) is 16.5 Å². The zero-order chi connectivity index (χ0) is 15.0. The van der Waals surface area contributed by atoms with E-state index in [9.17, 15) is 14.7 Å². The fourth-order valence-corrected chi connectivity index (χ4v) is 2.88. The average molecular weight is 283 g/mol. The number of hydrogen-bond acceptors (Lipinski definition) is 3. The summed E-state index contributed by atoms with van der Waals surface area (Å²) in [5, 5.41) is 11.5. The van der Waals surface area contributed by atoms with Crippen LogP contribution in [-0.2, 0) is 0 Å². The maximum atomic E-state index is 12.5. The largest absolute Gasteiger partial charge is 0.391 e. The van der Waals surface area contributed by atoms with Gasteiger partial charge in [-0.25, -0.2) is 0 Å². The Hall–Kier alpha value is -2.20. The summed E-state index contributed by atoms with van der Waals surface area (Å²) >= 11 is 0. The van der Waals surface area contributed by atoms with Gasteiger partial charge in [-0.15, -0.1) is 0 Å². The third kappa shape index (κ3) is 2.21. The van der Waals surface area contributed by atoms with E-state index in [4.69, 9.17) is 0 Å². The molecule has 0 aromatic heterocycles. The number of carbonyl (C=O) groups is 2. The third-order valence-corrected chi connectivity index (χ3v) is 3.87. The highest BCUT2D eigenvalue weighted by atomic mass is 16.3. The van der Waals surface area contributed by atoms with Crippen LogP contribution in [0.2, 0.25) is 0 Å². The van der Waals surface area contributed by atoms with E-state index in [1.54, 1.807) is 12.1 Å². The number of imide groups is 1. The fraction of sp³-hybridized carbons (Fsp3) is 0.294. The van der Waals surface area contributed by atoms with Crippen LogP contribution in [0, 0.1) is 0 Å². The summed E-state index contributed by atoms with van der Waals surface area (Å²) in [4.78, 5) is 26.3. The lowest BCUT2D eigenvalue weighted by Crippen LogP contribution is -2.44. The molecular formula is C17H17NO3. The van der Waals surface area contributed by atoms with Crippen molar-refractivity contribution in [2.24, 2.45) is 0 Å². The summed E-state index contributed by atoms with van der Waals surface area (Å²) in [7, 11) is 0. The number of nitrogens with zero attached hydrogens (tertiary/aromatic N) is 1. The molecule has 0 spiro atoms. The fourth-order valence-electron chi connectivity index (χ4n) is 2.88. The lowest BCUT2D eigenvalue weighted by Gasteiger charge is -2.28. The summed E-state index contributed by atoms with van der Waals surface area (Å²) in [6.45, 7) is 2.01. The Labute approximate surface area is 123 Å². The van der Waals surface area contributed by atoms with Crippen molar-refractivity contribution in [2.75, 3.05) is 6.54 Å². The Balaban J connectivity index is 2.07. The highest BCUT2D eigenvalue weighted by molar-refractivity contribution is 6.25. The van der Waals surface area contributed by atoms with Gasteiger partial charge in [-0.2, -0.15) is 0 Å². The molecule has 1 unspecified atom stereocenters. The lowest BCUT2D eigenvalue weighted by atomic mass is 9.94. The molecule has 1 aliphatic heterocycles. The number of hydrogen-bond donors (Lipinski definition) is 1. The molecule has 4 nitrogen and oxygen atoms in total. The molecule has 0 saturated heterocycles. The average Bonchev–Trinajstić information content (AvgIpc) is 2.49. The second-order valence-electron chi connectivity index (χ2n) is 5.37. The van der Waals surface area contributed by atoms with Crippen molar-refractivity contribution in [1.82, 2.24) is 4.90 Å². The number of benzene rings is 2. The van der Waals surface area contributed by atoms with E-state index < -0.39 is 6.10 Å². The first-order chi connectivity index (χ1) is 10.1. The van der Waals surface area contributed by atoms with Crippen LogP contribution in [0.15, 0.2) is 36.4 Å². The SMILES string of the molecule is CCCC(O)CN1C(=O)c2cccc3cccc(c23)C1=O. The van der Waals surface area contributed by atoms with Gasteiger partial charge in [0.15, 0.2) is 0 Å². The summed E-state index contributed by atoms with van der Waals surface area (Å²) in [5.74, 6) is -0.640. The first kappa shape index (κ1) is 13.8. The van der Waals surface area contributed by atoms with E-state index in [-0.39, 0.29) is 18.4 Å². The minimum atomic E-state index is -0.674. The number of aliphatic hydroxyl groups excluding tert-OH is 1. The van der Waals surface area contributed by atoms with Gasteiger partial charge in [-0.1, -0.05) is 37.6 Å². The third-order valence-electron chi connectivity index (χ3n) is 3.87. The van der Waals surface area contributed by atoms with Crippen molar-refractivity contribution in [3.8, 4) is 0 Å². The normalized spacial score (nSPS) is 15.6. The standard InChI is InChI=1S/C17H17NO3/c1-2-5-12(19)10-18-16(20)13-8-3-6-11-7-4-9-14(15(11)13)17(18)21/h3-4,6-9,12,19H,2,5,10H2,1H3. The van der Waals surface area contributed by atoms with Crippen molar-refractivity contribution >= 4 is 22.6 Å². The molecule has 1 aliphatic rings. The summed E-state index contributed by atoms with van der Waals surface area (Å²) in [6.07, 6.45) is 0.708. The van der Waals surface area contributed by atoms with Gasteiger partial charge < -0.3 is 5.11 Å². The smallest absolute Gasteiger partial charge is 0.261 e. The molecule has 1 N–H and O–H groups in total. The van der Waals surface area contributed by atoms with Crippen LogP contribution in [0.1, 0.15) is 40.5 Å². The van der Waals surface area contributed by atoms with Crippen molar-refractivity contribution in [3.63, 3.8) is 0 Å². The van der Waals surface area contributed by atoms with Crippen LogP contribution in [-0.4, -0.2) is 34.5 Å². The molecule has 1 heterocycles. The molecule has 2 amide bonds. The van der Waals surface area contributed by atoms with Crippen molar-refractivity contribution in [2.45, 2.75) is 25.9 Å². The molecule has 1 atom stereocenters. The molecule has 2 aromatic carbocycles. The first-order valence-electron chi connectivity index (χ1n) is 7.19. The van der Waals surface area contributed by atoms with E-state index in [1.807, 2.05) is 31.2 Å². The highest BCUT2D eigenvalue weighted by Crippen LogP contribution is 2.30. The Morgan fingerprint density at radius 2 is 1.62 bits per heavy atom. The van der Waals surface area contributed by atoms with Crippen LogP contribution in [0.4, 0.5) is 0 Å². The molecule has 3 rings (SSSR count). The number of rotatable bonds is 4. The monoisotopic (exact) mass is 283 g/mol. The second-order valence-corrected chi connectivity index (χ2v) is 5.37. The molecule has 0 saturated carbocycles. The molecule has 0 radical (unpaired) electrons. The Kier molecular flexibility index (Phi) is 3.47. The summed E-state index contributed by atoms with van der Waals surface area (Å²) in [6, 6.07) is 10.9. The molecule has 0 fully saturated rings. The van der Waals surface area contributed by atoms with Gasteiger partial charge in [0.1, 0.15) is 0 Å². The number of β-amino-alcohol motifs (C(OH)–C–C–N with tert-alkyl or cyclic N) is 1. The van der Waals surface area contributed by atoms with E-state index in [0.29, 0.717) is 17.5 Å². The van der Waals surface area contributed by atoms with E-state index in [0.717, 1.165) is 22.1 Å². The molecule has 0 aliphatic carbocycles. The number of carbonyl (C=O) groups excluding carboxylic acids is 2. The molecule has 4 heteroatoms. The molecule has 0 bridgehead atoms. The topological polar surface area (TPSA) is 57.6 Å². The van der Waals surface area contributed by atoms with E-state index in [1.165, 1.54) is 0 Å². The van der Waals surface area contributed by atoms with E-state index in [2.05, 4.69) is 0 Å². The van der Waals surface area contributed by atoms with Crippen LogP contribution >= 0.6 is 0 Å². The molecule has 108 valence electrons. The quantitative estimate of drug-likeness (QED) is 0.877. The Morgan fingerprint density at radius 1 is 1.05 bits per heavy atom. The van der Waals surface area contributed by atoms with Gasteiger partial charge >= 0.3 is 0 Å². The van der Waals surface area contributed by atoms with Gasteiger partial charge in [-0.3, -0.25) is 14.5 Å². The van der Waals surface area contributed by atoms with Crippen molar-refractivity contribution in [3.05, 3.63) is 47.5 Å². The van der Waals surface area contributed by atoms with Crippen LogP contribution in [0.5, 0.6) is 0 Å². The lowest BCUT2D eigenvalue weighted by molar-refractivity contribution is 0.0490. The Bertz CT molecular complexity index is 672. The van der Waals surface area contributed by atoms with Gasteiger partial charge in [-0.05, 0) is 23.9 Å². The molecule has 2 aromatic rings. The van der Waals surface area contributed by atoms with Crippen molar-refractivity contribution in [1.29, 1.82) is 0 Å². The van der Waals surface area contributed by atoms with Crippen LogP contribution in [0.25, 0.3) is 10.8 Å². The molecular weight excluding hydrogens is 266 g/mol. The number of aliphatic hydroxyl groups is 1. The molecule has 21 heavy (non-hydrogen) atoms. The summed E-state index contributed by atoms with van der Waals surface area (Å²) in [5.41, 5.74) is 1.07. The van der Waals surface area contributed by atoms with Gasteiger partial charge in [0.25, 0.3) is 11.8 Å².